The molecule has 3 heterocycles. The summed E-state index contributed by atoms with van der Waals surface area (Å²) in [6.07, 6.45) is 5.07. The first-order chi connectivity index (χ1) is 11.0. The van der Waals surface area contributed by atoms with Crippen molar-refractivity contribution in [1.82, 2.24) is 9.97 Å². The summed E-state index contributed by atoms with van der Waals surface area (Å²) in [5, 5.41) is 12.8. The minimum absolute atomic E-state index is 0.0241. The van der Waals surface area contributed by atoms with Gasteiger partial charge in [-0.25, -0.2) is 9.78 Å². The molecule has 2 aromatic heterocycles. The number of hydrogen-bond donors (Lipinski definition) is 2. The van der Waals surface area contributed by atoms with Crippen LogP contribution < -0.4 is 5.32 Å². The second-order valence-electron chi connectivity index (χ2n) is 6.03. The first-order valence-electron chi connectivity index (χ1n) is 7.50. The third-order valence-electron chi connectivity index (χ3n) is 4.04. The van der Waals surface area contributed by atoms with E-state index in [4.69, 9.17) is 4.74 Å². The lowest BCUT2D eigenvalue weighted by Gasteiger charge is -2.18. The van der Waals surface area contributed by atoms with E-state index in [9.17, 15) is 9.90 Å². The quantitative estimate of drug-likeness (QED) is 0.822. The number of hydrogen-bond acceptors (Lipinski definition) is 6. The van der Waals surface area contributed by atoms with Crippen LogP contribution in [-0.4, -0.2) is 34.2 Å². The molecular weight excluding hydrogens is 294 g/mol. The van der Waals surface area contributed by atoms with E-state index in [0.717, 1.165) is 11.1 Å². The fourth-order valence-electron chi connectivity index (χ4n) is 2.77. The Balaban J connectivity index is 1.82. The SMILES string of the molecule is CC1(C)OC(=O)c2c1ccnc2NCC(CO)c1cccnc1. The zero-order chi connectivity index (χ0) is 16.4. The standard InChI is InChI=1S/C17H19N3O3/c1-17(2)13-5-7-19-15(14(13)16(22)23-17)20-9-12(10-21)11-4-3-6-18-8-11/h3-8,12,21H,9-10H2,1-2H3,(H,19,20). The Morgan fingerprint density at radius 1 is 1.35 bits per heavy atom. The monoisotopic (exact) mass is 313 g/mol. The summed E-state index contributed by atoms with van der Waals surface area (Å²) in [7, 11) is 0. The fraction of sp³-hybridized carbons (Fsp3) is 0.353. The summed E-state index contributed by atoms with van der Waals surface area (Å²) in [5.41, 5.74) is 1.58. The average molecular weight is 313 g/mol. The minimum Gasteiger partial charge on any atom is -0.451 e. The molecule has 0 aliphatic carbocycles. The molecule has 3 rings (SSSR count). The Morgan fingerprint density at radius 2 is 2.17 bits per heavy atom. The molecule has 0 aromatic carbocycles. The maximum Gasteiger partial charge on any atom is 0.343 e. The van der Waals surface area contributed by atoms with E-state index in [0.29, 0.717) is 17.9 Å². The van der Waals surface area contributed by atoms with Gasteiger partial charge < -0.3 is 15.2 Å². The number of nitrogens with zero attached hydrogens (tertiary/aromatic N) is 2. The van der Waals surface area contributed by atoms with Crippen molar-refractivity contribution >= 4 is 11.8 Å². The van der Waals surface area contributed by atoms with Crippen LogP contribution in [0.25, 0.3) is 0 Å². The largest absolute Gasteiger partial charge is 0.451 e. The van der Waals surface area contributed by atoms with Gasteiger partial charge in [0, 0.05) is 36.6 Å². The lowest BCUT2D eigenvalue weighted by Crippen LogP contribution is -2.18. The zero-order valence-electron chi connectivity index (χ0n) is 13.1. The summed E-state index contributed by atoms with van der Waals surface area (Å²) < 4.78 is 5.40. The highest BCUT2D eigenvalue weighted by Crippen LogP contribution is 2.38. The second kappa shape index (κ2) is 5.96. The summed E-state index contributed by atoms with van der Waals surface area (Å²) in [4.78, 5) is 20.5. The van der Waals surface area contributed by atoms with Gasteiger partial charge in [0.15, 0.2) is 0 Å². The van der Waals surface area contributed by atoms with Crippen molar-refractivity contribution in [3.8, 4) is 0 Å². The number of nitrogens with one attached hydrogen (secondary N) is 1. The molecule has 1 aliphatic rings. The molecule has 2 aromatic rings. The summed E-state index contributed by atoms with van der Waals surface area (Å²) in [6, 6.07) is 5.54. The molecule has 0 spiro atoms. The van der Waals surface area contributed by atoms with Crippen LogP contribution >= 0.6 is 0 Å². The molecule has 0 bridgehead atoms. The van der Waals surface area contributed by atoms with Crippen LogP contribution in [0.4, 0.5) is 5.82 Å². The molecule has 120 valence electrons. The van der Waals surface area contributed by atoms with Crippen LogP contribution in [-0.2, 0) is 10.3 Å². The maximum atomic E-state index is 12.1. The van der Waals surface area contributed by atoms with E-state index in [2.05, 4.69) is 15.3 Å². The van der Waals surface area contributed by atoms with Crippen LogP contribution in [0.3, 0.4) is 0 Å². The molecule has 1 atom stereocenters. The predicted molar refractivity (Wildman–Crippen MR) is 85.2 cm³/mol. The number of aliphatic hydroxyl groups excluding tert-OH is 1. The van der Waals surface area contributed by atoms with Crippen molar-refractivity contribution in [1.29, 1.82) is 0 Å². The molecule has 0 radical (unpaired) electrons. The third-order valence-corrected chi connectivity index (χ3v) is 4.04. The Labute approximate surface area is 134 Å². The van der Waals surface area contributed by atoms with Crippen molar-refractivity contribution in [3.63, 3.8) is 0 Å². The smallest absolute Gasteiger partial charge is 0.343 e. The second-order valence-corrected chi connectivity index (χ2v) is 6.03. The van der Waals surface area contributed by atoms with Crippen LogP contribution in [0.2, 0.25) is 0 Å². The van der Waals surface area contributed by atoms with Crippen LogP contribution in [0.15, 0.2) is 36.8 Å². The lowest BCUT2D eigenvalue weighted by atomic mass is 9.97. The number of aromatic nitrogens is 2. The van der Waals surface area contributed by atoms with Crippen LogP contribution in [0.1, 0.15) is 41.3 Å². The van der Waals surface area contributed by atoms with Crippen molar-refractivity contribution in [2.24, 2.45) is 0 Å². The molecular formula is C17H19N3O3. The zero-order valence-corrected chi connectivity index (χ0v) is 13.1. The number of cyclic esters (lactones) is 1. The average Bonchev–Trinajstić information content (AvgIpc) is 2.79. The van der Waals surface area contributed by atoms with E-state index in [1.807, 2.05) is 26.0 Å². The Morgan fingerprint density at radius 3 is 2.87 bits per heavy atom. The van der Waals surface area contributed by atoms with Crippen molar-refractivity contribution in [2.45, 2.75) is 25.4 Å². The molecule has 0 saturated carbocycles. The Bertz CT molecular complexity index is 716. The van der Waals surface area contributed by atoms with Crippen LogP contribution in [0, 0.1) is 0 Å². The number of fused-ring (bicyclic) bond motifs is 1. The van der Waals surface area contributed by atoms with Gasteiger partial charge in [0.05, 0.1) is 6.61 Å². The van der Waals surface area contributed by atoms with Crippen LogP contribution in [0.5, 0.6) is 0 Å². The van der Waals surface area contributed by atoms with Crippen molar-refractivity contribution in [3.05, 3.63) is 53.5 Å². The molecule has 6 heteroatoms. The maximum absolute atomic E-state index is 12.1. The van der Waals surface area contributed by atoms with Gasteiger partial charge in [-0.15, -0.1) is 0 Å². The molecule has 0 fully saturated rings. The highest BCUT2D eigenvalue weighted by Gasteiger charge is 2.40. The number of pyridine rings is 2. The molecule has 1 aliphatic heterocycles. The topological polar surface area (TPSA) is 84.3 Å². The predicted octanol–water partition coefficient (Wildman–Crippen LogP) is 2.07. The van der Waals surface area contributed by atoms with Gasteiger partial charge in [0.1, 0.15) is 17.0 Å². The highest BCUT2D eigenvalue weighted by molar-refractivity contribution is 5.99. The third kappa shape index (κ3) is 2.90. The molecule has 0 amide bonds. The first-order valence-corrected chi connectivity index (χ1v) is 7.50. The molecule has 6 nitrogen and oxygen atoms in total. The van der Waals surface area contributed by atoms with Gasteiger partial charge in [-0.3, -0.25) is 4.98 Å². The normalized spacial score (nSPS) is 16.6. The Hall–Kier alpha value is -2.47. The number of aliphatic hydroxyl groups is 1. The van der Waals surface area contributed by atoms with E-state index in [1.165, 1.54) is 0 Å². The van der Waals surface area contributed by atoms with Gasteiger partial charge in [0.2, 0.25) is 0 Å². The van der Waals surface area contributed by atoms with Gasteiger partial charge >= 0.3 is 5.97 Å². The summed E-state index contributed by atoms with van der Waals surface area (Å²) >= 11 is 0. The molecule has 1 unspecified atom stereocenters. The summed E-state index contributed by atoms with van der Waals surface area (Å²) in [6.45, 7) is 4.13. The first kappa shape index (κ1) is 15.4. The van der Waals surface area contributed by atoms with Crippen molar-refractivity contribution < 1.29 is 14.6 Å². The van der Waals surface area contributed by atoms with Crippen molar-refractivity contribution in [2.75, 3.05) is 18.5 Å². The number of anilines is 1. The highest BCUT2D eigenvalue weighted by atomic mass is 16.6. The van der Waals surface area contributed by atoms with Gasteiger partial charge in [-0.2, -0.15) is 0 Å². The van der Waals surface area contributed by atoms with Gasteiger partial charge in [0.25, 0.3) is 0 Å². The van der Waals surface area contributed by atoms with E-state index >= 15 is 0 Å². The fourth-order valence-corrected chi connectivity index (χ4v) is 2.77. The molecule has 0 saturated heterocycles. The number of carbonyl (C=O) groups is 1. The van der Waals surface area contributed by atoms with Gasteiger partial charge in [-0.05, 0) is 31.5 Å². The summed E-state index contributed by atoms with van der Waals surface area (Å²) in [5.74, 6) is -0.0188. The van der Waals surface area contributed by atoms with E-state index < -0.39 is 5.60 Å². The number of ether oxygens (including phenoxy) is 1. The Kier molecular flexibility index (Phi) is 4.00. The number of carbonyl (C=O) groups excluding carboxylic acids is 1. The lowest BCUT2D eigenvalue weighted by molar-refractivity contribution is 0.00958. The number of rotatable bonds is 5. The minimum atomic E-state index is -0.647. The van der Waals surface area contributed by atoms with E-state index in [-0.39, 0.29) is 18.5 Å². The van der Waals surface area contributed by atoms with Gasteiger partial charge in [-0.1, -0.05) is 6.07 Å². The number of esters is 1. The molecule has 2 N–H and O–H groups in total. The molecule has 23 heavy (non-hydrogen) atoms. The van der Waals surface area contributed by atoms with E-state index in [1.54, 1.807) is 24.7 Å².